The van der Waals surface area contributed by atoms with Crippen LogP contribution in [0.3, 0.4) is 0 Å². The molecule has 0 fully saturated rings. The Hall–Kier alpha value is -1.20. The Labute approximate surface area is 79.7 Å². The van der Waals surface area contributed by atoms with Crippen LogP contribution in [0, 0.1) is 0 Å². The number of Topliss-reactive ketones (excluding diaryl/α,β-unsaturated/α-hetero) is 1. The van der Waals surface area contributed by atoms with Crippen molar-refractivity contribution in [3.05, 3.63) is 22.4 Å². The lowest BCUT2D eigenvalue weighted by Crippen LogP contribution is -2.30. The highest BCUT2D eigenvalue weighted by molar-refractivity contribution is 7.08. The summed E-state index contributed by atoms with van der Waals surface area (Å²) in [4.78, 5) is 22.0. The molecule has 1 aromatic heterocycles. The third-order valence-corrected chi connectivity index (χ3v) is 2.27. The Kier molecular flexibility index (Phi) is 3.60. The predicted octanol–water partition coefficient (Wildman–Crippen LogP) is 0.701. The molecule has 4 nitrogen and oxygen atoms in total. The Morgan fingerprint density at radius 1 is 1.46 bits per heavy atom. The monoisotopic (exact) mass is 198 g/mol. The van der Waals surface area contributed by atoms with Crippen LogP contribution in [-0.2, 0) is 4.79 Å². The standard InChI is InChI=1S/C8H10N2O2S/c9-10-8(12)2-1-7(11)6-3-4-13-5-6/h3-5H,1-2,9H2,(H,10,12). The summed E-state index contributed by atoms with van der Waals surface area (Å²) in [5, 5.41) is 3.60. The van der Waals surface area contributed by atoms with E-state index in [9.17, 15) is 9.59 Å². The molecule has 70 valence electrons. The van der Waals surface area contributed by atoms with Crippen molar-refractivity contribution in [3.8, 4) is 0 Å². The first-order chi connectivity index (χ1) is 6.24. The van der Waals surface area contributed by atoms with Crippen LogP contribution in [0.1, 0.15) is 23.2 Å². The lowest BCUT2D eigenvalue weighted by molar-refractivity contribution is -0.121. The lowest BCUT2D eigenvalue weighted by atomic mass is 10.1. The molecule has 0 saturated carbocycles. The van der Waals surface area contributed by atoms with Gasteiger partial charge in [0.05, 0.1) is 0 Å². The van der Waals surface area contributed by atoms with Gasteiger partial charge in [-0.05, 0) is 11.4 Å². The van der Waals surface area contributed by atoms with E-state index in [0.29, 0.717) is 5.56 Å². The van der Waals surface area contributed by atoms with Crippen molar-refractivity contribution in [2.75, 3.05) is 0 Å². The first-order valence-electron chi connectivity index (χ1n) is 3.79. The molecular weight excluding hydrogens is 188 g/mol. The fourth-order valence-corrected chi connectivity index (χ4v) is 1.53. The van der Waals surface area contributed by atoms with Crippen molar-refractivity contribution < 1.29 is 9.59 Å². The molecule has 1 aromatic rings. The third kappa shape index (κ3) is 2.96. The van der Waals surface area contributed by atoms with Crippen molar-refractivity contribution in [1.82, 2.24) is 5.43 Å². The summed E-state index contributed by atoms with van der Waals surface area (Å²) in [6.07, 6.45) is 0.352. The van der Waals surface area contributed by atoms with Gasteiger partial charge in [-0.2, -0.15) is 11.3 Å². The van der Waals surface area contributed by atoms with Gasteiger partial charge in [0.1, 0.15) is 0 Å². The molecule has 3 N–H and O–H groups in total. The van der Waals surface area contributed by atoms with Crippen molar-refractivity contribution in [1.29, 1.82) is 0 Å². The molecule has 0 bridgehead atoms. The number of rotatable bonds is 4. The summed E-state index contributed by atoms with van der Waals surface area (Å²) in [5.74, 6) is 4.53. The number of nitrogens with two attached hydrogens (primary N) is 1. The zero-order chi connectivity index (χ0) is 9.68. The number of amides is 1. The van der Waals surface area contributed by atoms with Crippen LogP contribution in [-0.4, -0.2) is 11.7 Å². The van der Waals surface area contributed by atoms with Crippen molar-refractivity contribution in [2.45, 2.75) is 12.8 Å². The molecule has 0 atom stereocenters. The molecule has 0 aliphatic rings. The summed E-state index contributed by atoms with van der Waals surface area (Å²) in [6, 6.07) is 1.74. The van der Waals surface area contributed by atoms with E-state index in [2.05, 4.69) is 0 Å². The minimum Gasteiger partial charge on any atom is -0.294 e. The second-order valence-corrected chi connectivity index (χ2v) is 3.28. The van der Waals surface area contributed by atoms with E-state index >= 15 is 0 Å². The van der Waals surface area contributed by atoms with Crippen LogP contribution in [0.25, 0.3) is 0 Å². The Morgan fingerprint density at radius 2 is 2.23 bits per heavy atom. The smallest absolute Gasteiger partial charge is 0.234 e. The molecule has 0 unspecified atom stereocenters. The van der Waals surface area contributed by atoms with Gasteiger partial charge in [-0.15, -0.1) is 0 Å². The quantitative estimate of drug-likeness (QED) is 0.324. The van der Waals surface area contributed by atoms with Crippen molar-refractivity contribution >= 4 is 23.0 Å². The molecule has 13 heavy (non-hydrogen) atoms. The number of hydrazine groups is 1. The van der Waals surface area contributed by atoms with Gasteiger partial charge in [0.25, 0.3) is 0 Å². The normalized spacial score (nSPS) is 9.62. The van der Waals surface area contributed by atoms with Crippen LogP contribution >= 0.6 is 11.3 Å². The van der Waals surface area contributed by atoms with E-state index in [-0.39, 0.29) is 24.5 Å². The number of hydrogen-bond acceptors (Lipinski definition) is 4. The van der Waals surface area contributed by atoms with Crippen LogP contribution in [0.15, 0.2) is 16.8 Å². The van der Waals surface area contributed by atoms with Crippen molar-refractivity contribution in [3.63, 3.8) is 0 Å². The number of nitrogens with one attached hydrogen (secondary N) is 1. The van der Waals surface area contributed by atoms with Gasteiger partial charge in [0, 0.05) is 23.8 Å². The number of carbonyl (C=O) groups excluding carboxylic acids is 2. The van der Waals surface area contributed by atoms with E-state index in [4.69, 9.17) is 5.84 Å². The zero-order valence-electron chi connectivity index (χ0n) is 6.95. The average molecular weight is 198 g/mol. The van der Waals surface area contributed by atoms with Crippen molar-refractivity contribution in [2.24, 2.45) is 5.84 Å². The number of thiophene rings is 1. The fraction of sp³-hybridized carbons (Fsp3) is 0.250. The Balaban J connectivity index is 2.39. The molecule has 0 aromatic carbocycles. The SMILES string of the molecule is NNC(=O)CCC(=O)c1ccsc1. The molecule has 0 radical (unpaired) electrons. The largest absolute Gasteiger partial charge is 0.294 e. The minimum atomic E-state index is -0.316. The highest BCUT2D eigenvalue weighted by Gasteiger charge is 2.08. The van der Waals surface area contributed by atoms with Gasteiger partial charge in [0.2, 0.25) is 5.91 Å². The van der Waals surface area contributed by atoms with Crippen LogP contribution in [0.5, 0.6) is 0 Å². The molecule has 0 aliphatic heterocycles. The van der Waals surface area contributed by atoms with Gasteiger partial charge >= 0.3 is 0 Å². The first kappa shape index (κ1) is 9.88. The Bertz CT molecular complexity index is 295. The Morgan fingerprint density at radius 3 is 2.77 bits per heavy atom. The van der Waals surface area contributed by atoms with Gasteiger partial charge < -0.3 is 0 Å². The maximum Gasteiger partial charge on any atom is 0.234 e. The number of carbonyl (C=O) groups is 2. The third-order valence-electron chi connectivity index (χ3n) is 1.58. The van der Waals surface area contributed by atoms with Crippen LogP contribution in [0.2, 0.25) is 0 Å². The predicted molar refractivity (Wildman–Crippen MR) is 50.2 cm³/mol. The summed E-state index contributed by atoms with van der Waals surface area (Å²) in [7, 11) is 0. The van der Waals surface area contributed by atoms with Gasteiger partial charge in [0.15, 0.2) is 5.78 Å². The molecule has 0 saturated heterocycles. The summed E-state index contributed by atoms with van der Waals surface area (Å²) in [6.45, 7) is 0. The maximum atomic E-state index is 11.3. The summed E-state index contributed by atoms with van der Waals surface area (Å²) >= 11 is 1.46. The van der Waals surface area contributed by atoms with E-state index in [1.165, 1.54) is 11.3 Å². The zero-order valence-corrected chi connectivity index (χ0v) is 7.76. The second kappa shape index (κ2) is 4.74. The van der Waals surface area contributed by atoms with E-state index in [0.717, 1.165) is 0 Å². The second-order valence-electron chi connectivity index (χ2n) is 2.50. The molecule has 0 aliphatic carbocycles. The van der Waals surface area contributed by atoms with Crippen LogP contribution in [0.4, 0.5) is 0 Å². The molecular formula is C8H10N2O2S. The summed E-state index contributed by atoms with van der Waals surface area (Å²) in [5.41, 5.74) is 2.64. The van der Waals surface area contributed by atoms with E-state index < -0.39 is 0 Å². The molecule has 0 spiro atoms. The first-order valence-corrected chi connectivity index (χ1v) is 4.73. The minimum absolute atomic E-state index is 0.0233. The molecule has 1 amide bonds. The highest BCUT2D eigenvalue weighted by atomic mass is 32.1. The van der Waals surface area contributed by atoms with E-state index in [1.54, 1.807) is 11.4 Å². The average Bonchev–Trinajstić information content (AvgIpc) is 2.66. The van der Waals surface area contributed by atoms with E-state index in [1.807, 2.05) is 10.8 Å². The van der Waals surface area contributed by atoms with Gasteiger partial charge in [-0.1, -0.05) is 0 Å². The molecule has 5 heteroatoms. The highest BCUT2D eigenvalue weighted by Crippen LogP contribution is 2.09. The number of ketones is 1. The molecule has 1 heterocycles. The fourth-order valence-electron chi connectivity index (χ4n) is 0.867. The summed E-state index contributed by atoms with van der Waals surface area (Å²) < 4.78 is 0. The topological polar surface area (TPSA) is 72.2 Å². The maximum absolute atomic E-state index is 11.3. The van der Waals surface area contributed by atoms with Crippen LogP contribution < -0.4 is 11.3 Å². The molecule has 1 rings (SSSR count). The lowest BCUT2D eigenvalue weighted by Gasteiger charge is -1.97. The van der Waals surface area contributed by atoms with Gasteiger partial charge in [-0.25, -0.2) is 5.84 Å². The van der Waals surface area contributed by atoms with Gasteiger partial charge in [-0.3, -0.25) is 15.0 Å². The number of hydrogen-bond donors (Lipinski definition) is 2.